The van der Waals surface area contributed by atoms with E-state index in [9.17, 15) is 9.59 Å². The number of nitrogens with one attached hydrogen (secondary N) is 1. The number of carbonyl (C=O) groups excluding carboxylic acids is 2. The molecule has 0 unspecified atom stereocenters. The van der Waals surface area contributed by atoms with Crippen LogP contribution in [0.2, 0.25) is 0 Å². The van der Waals surface area contributed by atoms with Gasteiger partial charge in [0.25, 0.3) is 0 Å². The van der Waals surface area contributed by atoms with Crippen LogP contribution in [0.1, 0.15) is 38.5 Å². The van der Waals surface area contributed by atoms with Gasteiger partial charge in [0.1, 0.15) is 0 Å². The summed E-state index contributed by atoms with van der Waals surface area (Å²) >= 11 is 0. The van der Waals surface area contributed by atoms with Gasteiger partial charge in [-0.05, 0) is 12.8 Å². The molecule has 1 fully saturated rings. The van der Waals surface area contributed by atoms with Crippen LogP contribution in [-0.2, 0) is 4.79 Å². The molecule has 5 heteroatoms. The Hall–Kier alpha value is -1.10. The van der Waals surface area contributed by atoms with Gasteiger partial charge in [0.15, 0.2) is 0 Å². The monoisotopic (exact) mass is 199 g/mol. The van der Waals surface area contributed by atoms with Gasteiger partial charge in [0.2, 0.25) is 5.91 Å². The van der Waals surface area contributed by atoms with E-state index in [2.05, 4.69) is 0 Å². The second-order valence-corrected chi connectivity index (χ2v) is 4.01. The summed E-state index contributed by atoms with van der Waals surface area (Å²) < 4.78 is 0. The highest BCUT2D eigenvalue weighted by atomic mass is 16.2. The fraction of sp³-hybridized carbons (Fsp3) is 0.778. The maximum absolute atomic E-state index is 11.2. The molecule has 0 aliphatic heterocycles. The van der Waals surface area contributed by atoms with Crippen molar-refractivity contribution < 1.29 is 9.59 Å². The minimum atomic E-state index is -0.811. The van der Waals surface area contributed by atoms with Crippen LogP contribution in [0.4, 0.5) is 4.79 Å². The number of carbonyl (C=O) groups is 2. The number of rotatable bonds is 2. The molecule has 1 aliphatic carbocycles. The molecule has 5 N–H and O–H groups in total. The van der Waals surface area contributed by atoms with Crippen LogP contribution in [0.3, 0.4) is 0 Å². The first-order chi connectivity index (χ1) is 6.52. The van der Waals surface area contributed by atoms with E-state index < -0.39 is 11.6 Å². The number of hydrogen-bond acceptors (Lipinski definition) is 3. The number of primary amides is 1. The highest BCUT2D eigenvalue weighted by molar-refractivity contribution is 5.93. The average molecular weight is 199 g/mol. The Morgan fingerprint density at radius 2 is 1.79 bits per heavy atom. The molecule has 0 atom stereocenters. The summed E-state index contributed by atoms with van der Waals surface area (Å²) in [6.07, 6.45) is 5.17. The largest absolute Gasteiger partial charge is 0.351 e. The van der Waals surface area contributed by atoms with Gasteiger partial charge >= 0.3 is 6.03 Å². The smallest absolute Gasteiger partial charge is 0.318 e. The van der Waals surface area contributed by atoms with Crippen molar-refractivity contribution >= 4 is 11.9 Å². The fourth-order valence-corrected chi connectivity index (χ4v) is 1.93. The van der Waals surface area contributed by atoms with Gasteiger partial charge in [-0.15, -0.1) is 0 Å². The van der Waals surface area contributed by atoms with Crippen molar-refractivity contribution in [3.8, 4) is 0 Å². The molecule has 3 amide bonds. The third kappa shape index (κ3) is 3.33. The van der Waals surface area contributed by atoms with Gasteiger partial charge in [-0.1, -0.05) is 19.3 Å². The van der Waals surface area contributed by atoms with E-state index in [0.29, 0.717) is 0 Å². The maximum atomic E-state index is 11.2. The van der Waals surface area contributed by atoms with Crippen LogP contribution in [0.15, 0.2) is 0 Å². The molecule has 0 aromatic heterocycles. The molecule has 0 aromatic carbocycles. The highest BCUT2D eigenvalue weighted by Gasteiger charge is 2.30. The average Bonchev–Trinajstić information content (AvgIpc) is 2.02. The highest BCUT2D eigenvalue weighted by Crippen LogP contribution is 2.28. The van der Waals surface area contributed by atoms with Gasteiger partial charge in [-0.25, -0.2) is 4.79 Å². The standard InChI is InChI=1S/C9H17N3O2/c10-8(14)12-7(13)6-9(11)4-2-1-3-5-9/h1-6,11H2,(H3,10,12,13,14). The molecule has 0 spiro atoms. The van der Waals surface area contributed by atoms with Gasteiger partial charge in [0, 0.05) is 12.0 Å². The Bertz CT molecular complexity index is 234. The second kappa shape index (κ2) is 4.41. The van der Waals surface area contributed by atoms with Crippen LogP contribution < -0.4 is 16.8 Å². The first-order valence-electron chi connectivity index (χ1n) is 4.90. The van der Waals surface area contributed by atoms with Crippen LogP contribution >= 0.6 is 0 Å². The van der Waals surface area contributed by atoms with Gasteiger partial charge in [0.05, 0.1) is 0 Å². The number of nitrogens with two attached hydrogens (primary N) is 2. The molecule has 5 nitrogen and oxygen atoms in total. The van der Waals surface area contributed by atoms with E-state index in [0.717, 1.165) is 25.7 Å². The van der Waals surface area contributed by atoms with Crippen molar-refractivity contribution in [3.05, 3.63) is 0 Å². The number of hydrogen-bond donors (Lipinski definition) is 3. The number of imide groups is 1. The van der Waals surface area contributed by atoms with Crippen LogP contribution in [0.25, 0.3) is 0 Å². The first-order valence-corrected chi connectivity index (χ1v) is 4.90. The summed E-state index contributed by atoms with van der Waals surface area (Å²) in [6.45, 7) is 0. The topological polar surface area (TPSA) is 98.2 Å². The minimum Gasteiger partial charge on any atom is -0.351 e. The fourth-order valence-electron chi connectivity index (χ4n) is 1.93. The Morgan fingerprint density at radius 3 is 2.29 bits per heavy atom. The second-order valence-electron chi connectivity index (χ2n) is 4.01. The van der Waals surface area contributed by atoms with Crippen molar-refractivity contribution in [1.82, 2.24) is 5.32 Å². The lowest BCUT2D eigenvalue weighted by Crippen LogP contribution is -2.47. The lowest BCUT2D eigenvalue weighted by atomic mass is 9.80. The molecule has 14 heavy (non-hydrogen) atoms. The molecule has 1 aliphatic rings. The number of amides is 3. The van der Waals surface area contributed by atoms with Crippen LogP contribution in [0, 0.1) is 0 Å². The van der Waals surface area contributed by atoms with Gasteiger partial charge in [-0.2, -0.15) is 0 Å². The summed E-state index contributed by atoms with van der Waals surface area (Å²) in [7, 11) is 0. The molecule has 0 saturated heterocycles. The molecular formula is C9H17N3O2. The minimum absolute atomic E-state index is 0.190. The molecule has 0 bridgehead atoms. The lowest BCUT2D eigenvalue weighted by molar-refractivity contribution is -0.121. The summed E-state index contributed by atoms with van der Waals surface area (Å²) in [6, 6.07) is -0.811. The van der Waals surface area contributed by atoms with Crippen molar-refractivity contribution in [2.24, 2.45) is 11.5 Å². The molecule has 80 valence electrons. The third-order valence-electron chi connectivity index (χ3n) is 2.62. The zero-order valence-corrected chi connectivity index (χ0v) is 8.21. The van der Waals surface area contributed by atoms with Crippen molar-refractivity contribution in [1.29, 1.82) is 0 Å². The maximum Gasteiger partial charge on any atom is 0.318 e. The van der Waals surface area contributed by atoms with E-state index >= 15 is 0 Å². The van der Waals surface area contributed by atoms with Crippen LogP contribution in [0.5, 0.6) is 0 Å². The van der Waals surface area contributed by atoms with Gasteiger partial charge < -0.3 is 11.5 Å². The summed E-state index contributed by atoms with van der Waals surface area (Å²) in [4.78, 5) is 21.6. The predicted octanol–water partition coefficient (Wildman–Crippen LogP) is 0.233. The predicted molar refractivity (Wildman–Crippen MR) is 52.3 cm³/mol. The quantitative estimate of drug-likeness (QED) is 0.593. The Kier molecular flexibility index (Phi) is 3.46. The summed E-state index contributed by atoms with van der Waals surface area (Å²) in [5.41, 5.74) is 10.4. The van der Waals surface area contributed by atoms with Crippen molar-refractivity contribution in [3.63, 3.8) is 0 Å². The summed E-state index contributed by atoms with van der Waals surface area (Å²) in [5.74, 6) is -0.373. The van der Waals surface area contributed by atoms with E-state index in [1.54, 1.807) is 0 Å². The van der Waals surface area contributed by atoms with E-state index in [1.807, 2.05) is 5.32 Å². The van der Waals surface area contributed by atoms with Crippen LogP contribution in [-0.4, -0.2) is 17.5 Å². The summed E-state index contributed by atoms with van der Waals surface area (Å²) in [5, 5.41) is 2.04. The SMILES string of the molecule is NC(=O)NC(=O)CC1(N)CCCCC1. The molecule has 0 heterocycles. The Balaban J connectivity index is 2.41. The zero-order chi connectivity index (χ0) is 10.6. The Morgan fingerprint density at radius 1 is 1.21 bits per heavy atom. The van der Waals surface area contributed by atoms with Crippen molar-refractivity contribution in [2.45, 2.75) is 44.1 Å². The van der Waals surface area contributed by atoms with E-state index in [4.69, 9.17) is 11.5 Å². The third-order valence-corrected chi connectivity index (χ3v) is 2.62. The zero-order valence-electron chi connectivity index (χ0n) is 8.21. The first kappa shape index (κ1) is 11.0. The van der Waals surface area contributed by atoms with E-state index in [-0.39, 0.29) is 12.3 Å². The molecule has 1 rings (SSSR count). The normalized spacial score (nSPS) is 20.1. The molecule has 1 saturated carbocycles. The number of urea groups is 1. The van der Waals surface area contributed by atoms with Gasteiger partial charge in [-0.3, -0.25) is 10.1 Å². The molecular weight excluding hydrogens is 182 g/mol. The Labute approximate surface area is 83.2 Å². The van der Waals surface area contributed by atoms with Crippen molar-refractivity contribution in [2.75, 3.05) is 0 Å². The van der Waals surface area contributed by atoms with E-state index in [1.165, 1.54) is 6.42 Å². The lowest BCUT2D eigenvalue weighted by Gasteiger charge is -2.32. The molecule has 0 aromatic rings. The molecule has 0 radical (unpaired) electrons.